The lowest BCUT2D eigenvalue weighted by molar-refractivity contribution is -0.118. The van der Waals surface area contributed by atoms with Crippen LogP contribution in [0.3, 0.4) is 0 Å². The summed E-state index contributed by atoms with van der Waals surface area (Å²) in [6.07, 6.45) is 0. The summed E-state index contributed by atoms with van der Waals surface area (Å²) in [6, 6.07) is 12.7. The van der Waals surface area contributed by atoms with Crippen LogP contribution in [0.4, 0.5) is 0 Å². The topological polar surface area (TPSA) is 47.6 Å². The molecule has 0 aliphatic carbocycles. The Labute approximate surface area is 161 Å². The Morgan fingerprint density at radius 2 is 1.80 bits per heavy atom. The number of rotatable bonds is 9. The van der Waals surface area contributed by atoms with E-state index >= 15 is 0 Å². The van der Waals surface area contributed by atoms with E-state index in [4.69, 9.17) is 32.7 Å². The van der Waals surface area contributed by atoms with Gasteiger partial charge in [-0.25, -0.2) is 0 Å². The van der Waals surface area contributed by atoms with E-state index in [1.165, 1.54) is 11.8 Å². The van der Waals surface area contributed by atoms with Crippen molar-refractivity contribution in [3.05, 3.63) is 58.1 Å². The van der Waals surface area contributed by atoms with Gasteiger partial charge in [-0.2, -0.15) is 0 Å². The van der Waals surface area contributed by atoms with Crippen molar-refractivity contribution in [3.63, 3.8) is 0 Å². The van der Waals surface area contributed by atoms with Gasteiger partial charge in [0.15, 0.2) is 0 Å². The summed E-state index contributed by atoms with van der Waals surface area (Å²) in [4.78, 5) is 11.8. The molecule has 0 heterocycles. The van der Waals surface area contributed by atoms with Gasteiger partial charge < -0.3 is 14.8 Å². The number of benzene rings is 2. The zero-order valence-electron chi connectivity index (χ0n) is 13.8. The van der Waals surface area contributed by atoms with Crippen LogP contribution in [-0.2, 0) is 10.5 Å². The molecule has 4 nitrogen and oxygen atoms in total. The fourth-order valence-electron chi connectivity index (χ4n) is 2.02. The van der Waals surface area contributed by atoms with E-state index in [9.17, 15) is 4.79 Å². The molecule has 0 saturated carbocycles. The minimum Gasteiger partial charge on any atom is -0.497 e. The Balaban J connectivity index is 1.64. The maximum Gasteiger partial charge on any atom is 0.230 e. The standard InChI is InChI=1S/C18H19Cl2NO3S/c1-23-13-4-2-5-14(10-13)24-9-8-21-18(22)12-25-11-15-16(19)6-3-7-17(15)20/h2-7,10H,8-9,11-12H2,1H3,(H,21,22). The second-order valence-electron chi connectivity index (χ2n) is 5.07. The van der Waals surface area contributed by atoms with Crippen molar-refractivity contribution in [2.75, 3.05) is 26.0 Å². The highest BCUT2D eigenvalue weighted by atomic mass is 35.5. The molecule has 0 atom stereocenters. The average Bonchev–Trinajstić information content (AvgIpc) is 2.61. The number of nitrogens with one attached hydrogen (secondary N) is 1. The highest BCUT2D eigenvalue weighted by Gasteiger charge is 2.07. The summed E-state index contributed by atoms with van der Waals surface area (Å²) >= 11 is 13.7. The third-order valence-electron chi connectivity index (χ3n) is 3.28. The fourth-order valence-corrected chi connectivity index (χ4v) is 3.61. The Kier molecular flexibility index (Phi) is 8.25. The highest BCUT2D eigenvalue weighted by Crippen LogP contribution is 2.28. The first-order chi connectivity index (χ1) is 12.1. The van der Waals surface area contributed by atoms with Gasteiger partial charge in [-0.15, -0.1) is 11.8 Å². The Morgan fingerprint density at radius 1 is 1.12 bits per heavy atom. The summed E-state index contributed by atoms with van der Waals surface area (Å²) in [5.41, 5.74) is 0.852. The maximum atomic E-state index is 11.8. The zero-order chi connectivity index (χ0) is 18.1. The first-order valence-corrected chi connectivity index (χ1v) is 9.55. The molecule has 2 aromatic carbocycles. The molecule has 0 radical (unpaired) electrons. The molecular weight excluding hydrogens is 381 g/mol. The monoisotopic (exact) mass is 399 g/mol. The smallest absolute Gasteiger partial charge is 0.230 e. The van der Waals surface area contributed by atoms with Gasteiger partial charge in [0, 0.05) is 21.9 Å². The molecule has 2 aromatic rings. The summed E-state index contributed by atoms with van der Waals surface area (Å²) in [7, 11) is 1.60. The van der Waals surface area contributed by atoms with Crippen molar-refractivity contribution in [2.45, 2.75) is 5.75 Å². The Bertz CT molecular complexity index is 692. The Morgan fingerprint density at radius 3 is 2.52 bits per heavy atom. The molecule has 0 aliphatic rings. The Hall–Kier alpha value is -1.56. The number of methoxy groups -OCH3 is 1. The predicted octanol–water partition coefficient (Wildman–Crippen LogP) is 4.43. The van der Waals surface area contributed by atoms with Gasteiger partial charge in [0.1, 0.15) is 18.1 Å². The van der Waals surface area contributed by atoms with Crippen molar-refractivity contribution in [1.29, 1.82) is 0 Å². The molecule has 0 aromatic heterocycles. The van der Waals surface area contributed by atoms with Crippen LogP contribution in [0.1, 0.15) is 5.56 Å². The molecule has 7 heteroatoms. The van der Waals surface area contributed by atoms with Gasteiger partial charge in [-0.3, -0.25) is 4.79 Å². The molecule has 0 unspecified atom stereocenters. The second kappa shape index (κ2) is 10.4. The molecule has 134 valence electrons. The highest BCUT2D eigenvalue weighted by molar-refractivity contribution is 7.99. The number of carbonyl (C=O) groups is 1. The SMILES string of the molecule is COc1cccc(OCCNC(=O)CSCc2c(Cl)cccc2Cl)c1. The quantitative estimate of drug-likeness (QED) is 0.633. The van der Waals surface area contributed by atoms with Crippen LogP contribution in [0.25, 0.3) is 0 Å². The molecule has 25 heavy (non-hydrogen) atoms. The molecule has 2 rings (SSSR count). The number of hydrogen-bond donors (Lipinski definition) is 1. The summed E-state index contributed by atoms with van der Waals surface area (Å²) in [5, 5.41) is 4.05. The van der Waals surface area contributed by atoms with Crippen molar-refractivity contribution in [2.24, 2.45) is 0 Å². The van der Waals surface area contributed by atoms with E-state index in [1.807, 2.05) is 18.2 Å². The first-order valence-electron chi connectivity index (χ1n) is 7.64. The van der Waals surface area contributed by atoms with Crippen LogP contribution in [0.5, 0.6) is 11.5 Å². The third-order valence-corrected chi connectivity index (χ3v) is 4.94. The van der Waals surface area contributed by atoms with E-state index in [2.05, 4.69) is 5.32 Å². The fraction of sp³-hybridized carbons (Fsp3) is 0.278. The van der Waals surface area contributed by atoms with Crippen LogP contribution in [0.2, 0.25) is 10.0 Å². The van der Waals surface area contributed by atoms with Gasteiger partial charge in [0.05, 0.1) is 19.4 Å². The van der Waals surface area contributed by atoms with Crippen LogP contribution in [0.15, 0.2) is 42.5 Å². The molecule has 0 spiro atoms. The molecule has 0 saturated heterocycles. The first kappa shape index (κ1) is 19.8. The summed E-state index contributed by atoms with van der Waals surface area (Å²) < 4.78 is 10.7. The zero-order valence-corrected chi connectivity index (χ0v) is 16.1. The molecule has 1 N–H and O–H groups in total. The van der Waals surface area contributed by atoms with E-state index in [1.54, 1.807) is 31.4 Å². The van der Waals surface area contributed by atoms with Crippen LogP contribution >= 0.6 is 35.0 Å². The van der Waals surface area contributed by atoms with Crippen LogP contribution < -0.4 is 14.8 Å². The minimum absolute atomic E-state index is 0.0533. The van der Waals surface area contributed by atoms with Crippen molar-refractivity contribution in [1.82, 2.24) is 5.32 Å². The van der Waals surface area contributed by atoms with Crippen LogP contribution in [0, 0.1) is 0 Å². The number of thioether (sulfide) groups is 1. The van der Waals surface area contributed by atoms with E-state index in [0.717, 1.165) is 11.3 Å². The van der Waals surface area contributed by atoms with E-state index in [-0.39, 0.29) is 5.91 Å². The number of hydrogen-bond acceptors (Lipinski definition) is 4. The molecule has 0 fully saturated rings. The molecule has 0 bridgehead atoms. The van der Waals surface area contributed by atoms with Gasteiger partial charge >= 0.3 is 0 Å². The van der Waals surface area contributed by atoms with E-state index in [0.29, 0.717) is 40.5 Å². The van der Waals surface area contributed by atoms with Crippen LogP contribution in [-0.4, -0.2) is 31.9 Å². The van der Waals surface area contributed by atoms with Crippen molar-refractivity contribution in [3.8, 4) is 11.5 Å². The number of halogens is 2. The predicted molar refractivity (Wildman–Crippen MR) is 104 cm³/mol. The van der Waals surface area contributed by atoms with Gasteiger partial charge in [-0.1, -0.05) is 35.3 Å². The van der Waals surface area contributed by atoms with Crippen molar-refractivity contribution >= 4 is 40.9 Å². The number of ether oxygens (including phenoxy) is 2. The molecule has 1 amide bonds. The molecule has 0 aliphatic heterocycles. The van der Waals surface area contributed by atoms with Gasteiger partial charge in [0.2, 0.25) is 5.91 Å². The molecular formula is C18H19Cl2NO3S. The third kappa shape index (κ3) is 6.69. The van der Waals surface area contributed by atoms with Gasteiger partial charge in [-0.05, 0) is 29.8 Å². The minimum atomic E-state index is -0.0533. The normalized spacial score (nSPS) is 10.4. The summed E-state index contributed by atoms with van der Waals surface area (Å²) in [5.74, 6) is 2.31. The average molecular weight is 400 g/mol. The van der Waals surface area contributed by atoms with Crippen molar-refractivity contribution < 1.29 is 14.3 Å². The van der Waals surface area contributed by atoms with E-state index < -0.39 is 0 Å². The lowest BCUT2D eigenvalue weighted by Gasteiger charge is -2.09. The largest absolute Gasteiger partial charge is 0.497 e. The maximum absolute atomic E-state index is 11.8. The van der Waals surface area contributed by atoms with Gasteiger partial charge in [0.25, 0.3) is 0 Å². The number of carbonyl (C=O) groups excluding carboxylic acids is 1. The summed E-state index contributed by atoms with van der Waals surface area (Å²) in [6.45, 7) is 0.823. The second-order valence-corrected chi connectivity index (χ2v) is 6.87. The number of amides is 1. The lowest BCUT2D eigenvalue weighted by Crippen LogP contribution is -2.29. The lowest BCUT2D eigenvalue weighted by atomic mass is 10.2.